The smallest absolute Gasteiger partial charge is 0.429 e. The number of ether oxygens (including phenoxy) is 3. The maximum atomic E-state index is 13.7. The molecule has 0 saturated carbocycles. The predicted octanol–water partition coefficient (Wildman–Crippen LogP) is 5.60. The van der Waals surface area contributed by atoms with Gasteiger partial charge >= 0.3 is 12.1 Å². The van der Waals surface area contributed by atoms with E-state index in [1.807, 2.05) is 30.3 Å². The van der Waals surface area contributed by atoms with Gasteiger partial charge in [0.05, 0.1) is 24.6 Å². The number of amides is 1. The van der Waals surface area contributed by atoms with Crippen molar-refractivity contribution in [2.45, 2.75) is 39.9 Å². The van der Waals surface area contributed by atoms with Crippen LogP contribution in [0.1, 0.15) is 43.6 Å². The molecule has 0 aliphatic heterocycles. The van der Waals surface area contributed by atoms with Crippen LogP contribution in [0.15, 0.2) is 66.9 Å². The van der Waals surface area contributed by atoms with Crippen LogP contribution in [0, 0.1) is 5.82 Å². The third kappa shape index (κ3) is 6.83. The molecule has 0 N–H and O–H groups in total. The number of aromatic nitrogens is 2. The number of benzene rings is 2. The molecule has 0 saturated heterocycles. The highest BCUT2D eigenvalue weighted by molar-refractivity contribution is 7.92. The van der Waals surface area contributed by atoms with E-state index in [0.29, 0.717) is 9.87 Å². The minimum Gasteiger partial charge on any atom is -0.487 e. The molecule has 0 radical (unpaired) electrons. The quantitative estimate of drug-likeness (QED) is 0.246. The topological polar surface area (TPSA) is 117 Å². The lowest BCUT2D eigenvalue weighted by molar-refractivity contribution is 0.0528. The number of esters is 1. The minimum absolute atomic E-state index is 0.0175. The first-order chi connectivity index (χ1) is 19.3. The maximum Gasteiger partial charge on any atom is 0.429 e. The van der Waals surface area contributed by atoms with Crippen molar-refractivity contribution in [2.24, 2.45) is 0 Å². The average molecular weight is 584 g/mol. The number of carbonyl (C=O) groups is 2. The average Bonchev–Trinajstić information content (AvgIpc) is 3.25. The fourth-order valence-electron chi connectivity index (χ4n) is 4.00. The number of rotatable bonds is 8. The van der Waals surface area contributed by atoms with Crippen LogP contribution in [0.4, 0.5) is 14.9 Å². The van der Waals surface area contributed by atoms with Crippen LogP contribution in [-0.2, 0) is 26.1 Å². The van der Waals surface area contributed by atoms with Gasteiger partial charge in [-0.1, -0.05) is 30.3 Å². The molecule has 10 nitrogen and oxygen atoms in total. The van der Waals surface area contributed by atoms with Crippen molar-refractivity contribution in [1.29, 1.82) is 0 Å². The van der Waals surface area contributed by atoms with E-state index in [0.717, 1.165) is 11.8 Å². The second kappa shape index (κ2) is 11.6. The van der Waals surface area contributed by atoms with Crippen molar-refractivity contribution >= 4 is 33.3 Å². The number of hydrogen-bond donors (Lipinski definition) is 0. The van der Waals surface area contributed by atoms with Crippen molar-refractivity contribution in [3.8, 4) is 17.0 Å². The summed E-state index contributed by atoms with van der Waals surface area (Å²) >= 11 is 0. The molecule has 4 rings (SSSR count). The number of fused-ring (bicyclic) bond motifs is 1. The number of halogens is 1. The normalized spacial score (nSPS) is 11.8. The summed E-state index contributed by atoms with van der Waals surface area (Å²) in [7, 11) is -4.24. The van der Waals surface area contributed by atoms with Gasteiger partial charge in [-0.05, 0) is 57.5 Å². The highest BCUT2D eigenvalue weighted by Gasteiger charge is 2.34. The lowest BCUT2D eigenvalue weighted by Crippen LogP contribution is -2.40. The first-order valence-corrected chi connectivity index (χ1v) is 14.5. The zero-order chi connectivity index (χ0) is 29.9. The summed E-state index contributed by atoms with van der Waals surface area (Å²) < 4.78 is 58.1. The lowest BCUT2D eigenvalue weighted by Gasteiger charge is -2.27. The van der Waals surface area contributed by atoms with Crippen LogP contribution in [0.3, 0.4) is 0 Å². The molecule has 0 unspecified atom stereocenters. The van der Waals surface area contributed by atoms with Crippen LogP contribution in [0.5, 0.6) is 5.75 Å². The molecule has 4 aromatic rings. The highest BCUT2D eigenvalue weighted by Crippen LogP contribution is 2.37. The summed E-state index contributed by atoms with van der Waals surface area (Å²) in [6.07, 6.45) is 0.968. The Morgan fingerprint density at radius 2 is 1.71 bits per heavy atom. The molecule has 12 heteroatoms. The van der Waals surface area contributed by atoms with Gasteiger partial charge in [0.2, 0.25) is 10.0 Å². The fourth-order valence-corrected chi connectivity index (χ4v) is 4.80. The molecule has 2 heterocycles. The molecule has 0 fully saturated rings. The van der Waals surface area contributed by atoms with Crippen molar-refractivity contribution in [3.05, 3.63) is 83.8 Å². The minimum atomic E-state index is -4.24. The van der Waals surface area contributed by atoms with E-state index in [4.69, 9.17) is 14.2 Å². The number of carbonyl (C=O) groups excluding carboxylic acids is 2. The highest BCUT2D eigenvalue weighted by atomic mass is 32.2. The largest absolute Gasteiger partial charge is 0.487 e. The zero-order valence-electron chi connectivity index (χ0n) is 23.3. The van der Waals surface area contributed by atoms with Crippen molar-refractivity contribution in [1.82, 2.24) is 9.61 Å². The first-order valence-electron chi connectivity index (χ1n) is 12.7. The third-order valence-electron chi connectivity index (χ3n) is 5.66. The molecule has 216 valence electrons. The molecule has 2 aromatic carbocycles. The van der Waals surface area contributed by atoms with Gasteiger partial charge in [-0.2, -0.15) is 9.40 Å². The van der Waals surface area contributed by atoms with Gasteiger partial charge in [-0.3, -0.25) is 0 Å². The van der Waals surface area contributed by atoms with Crippen molar-refractivity contribution in [3.63, 3.8) is 0 Å². The SMILES string of the molecule is CCOC(=O)c1c(-c2ccc(F)cc2)nn2cc(N(C(=O)OC(C)(C)C)S(C)(=O)=O)c(OCc3ccccc3)cc12. The summed E-state index contributed by atoms with van der Waals surface area (Å²) in [5, 5.41) is 4.50. The maximum absolute atomic E-state index is 13.7. The predicted molar refractivity (Wildman–Crippen MR) is 151 cm³/mol. The van der Waals surface area contributed by atoms with Gasteiger partial charge < -0.3 is 14.2 Å². The number of hydrogen-bond acceptors (Lipinski definition) is 8. The summed E-state index contributed by atoms with van der Waals surface area (Å²) in [5.41, 5.74) is 0.427. The van der Waals surface area contributed by atoms with E-state index < -0.39 is 33.5 Å². The van der Waals surface area contributed by atoms with Crippen molar-refractivity contribution in [2.75, 3.05) is 17.2 Å². The van der Waals surface area contributed by atoms with Crippen LogP contribution >= 0.6 is 0 Å². The number of nitrogens with zero attached hydrogens (tertiary/aromatic N) is 3. The number of sulfonamides is 1. The molecule has 2 aromatic heterocycles. The molecular formula is C29H30FN3O7S. The molecule has 0 bridgehead atoms. The Balaban J connectivity index is 1.98. The molecule has 1 amide bonds. The van der Waals surface area contributed by atoms with E-state index in [2.05, 4.69) is 5.10 Å². The Morgan fingerprint density at radius 3 is 2.29 bits per heavy atom. The summed E-state index contributed by atoms with van der Waals surface area (Å²) in [6, 6.07) is 15.9. The molecule has 0 aliphatic carbocycles. The van der Waals surface area contributed by atoms with Crippen LogP contribution in [0.25, 0.3) is 16.8 Å². The van der Waals surface area contributed by atoms with Crippen LogP contribution < -0.4 is 9.04 Å². The van der Waals surface area contributed by atoms with Crippen LogP contribution in [0.2, 0.25) is 0 Å². The number of anilines is 1. The first kappa shape index (κ1) is 29.5. The van der Waals surface area contributed by atoms with E-state index >= 15 is 0 Å². The standard InChI is InChI=1S/C29H30FN3O7S/c1-6-38-27(34)25-22-16-24(39-18-19-10-8-7-9-11-19)23(33(41(5,36)37)28(35)40-29(2,3)4)17-32(22)31-26(25)20-12-14-21(30)15-13-20/h7-17H,6,18H2,1-5H3. The van der Waals surface area contributed by atoms with Gasteiger partial charge in [-0.25, -0.2) is 26.9 Å². The lowest BCUT2D eigenvalue weighted by atomic mass is 10.1. The molecule has 0 atom stereocenters. The molecule has 41 heavy (non-hydrogen) atoms. The van der Waals surface area contributed by atoms with Gasteiger partial charge in [0.1, 0.15) is 40.7 Å². The molecule has 0 aliphatic rings. The Hall–Kier alpha value is -4.45. The summed E-state index contributed by atoms with van der Waals surface area (Å²) in [4.78, 5) is 26.4. The Morgan fingerprint density at radius 1 is 1.05 bits per heavy atom. The molecular weight excluding hydrogens is 553 g/mol. The zero-order valence-corrected chi connectivity index (χ0v) is 24.1. The van der Waals surface area contributed by atoms with Crippen LogP contribution in [-0.4, -0.2) is 48.6 Å². The van der Waals surface area contributed by atoms with Crippen molar-refractivity contribution < 1.29 is 36.6 Å². The monoisotopic (exact) mass is 583 g/mol. The van der Waals surface area contributed by atoms with Gasteiger partial charge in [0.15, 0.2) is 0 Å². The summed E-state index contributed by atoms with van der Waals surface area (Å²) in [6.45, 7) is 6.57. The van der Waals surface area contributed by atoms with E-state index in [-0.39, 0.29) is 41.4 Å². The van der Waals surface area contributed by atoms with E-state index in [1.165, 1.54) is 41.0 Å². The Labute approximate surface area is 237 Å². The van der Waals surface area contributed by atoms with Gasteiger partial charge in [-0.15, -0.1) is 0 Å². The Kier molecular flexibility index (Phi) is 8.34. The molecule has 0 spiro atoms. The second-order valence-corrected chi connectivity index (χ2v) is 11.9. The van der Waals surface area contributed by atoms with E-state index in [1.54, 1.807) is 27.7 Å². The Bertz CT molecular complexity index is 1680. The van der Waals surface area contributed by atoms with E-state index in [9.17, 15) is 22.4 Å². The third-order valence-corrected chi connectivity index (χ3v) is 6.67. The van der Waals surface area contributed by atoms with Gasteiger partial charge in [0, 0.05) is 11.6 Å². The van der Waals surface area contributed by atoms with Gasteiger partial charge in [0.25, 0.3) is 0 Å². The fraction of sp³-hybridized carbons (Fsp3) is 0.276. The number of pyridine rings is 1. The second-order valence-electron chi connectivity index (χ2n) is 10.1. The summed E-state index contributed by atoms with van der Waals surface area (Å²) in [5.74, 6) is -1.21.